The van der Waals surface area contributed by atoms with Crippen molar-refractivity contribution >= 4 is 35.0 Å². The number of thioether (sulfide) groups is 1. The van der Waals surface area contributed by atoms with Crippen molar-refractivity contribution in [2.24, 2.45) is 0 Å². The Morgan fingerprint density at radius 2 is 1.91 bits per heavy atom. The van der Waals surface area contributed by atoms with Gasteiger partial charge >= 0.3 is 0 Å². The van der Waals surface area contributed by atoms with Crippen molar-refractivity contribution in [3.05, 3.63) is 83.1 Å². The molecule has 0 fully saturated rings. The highest BCUT2D eigenvalue weighted by molar-refractivity contribution is 7.99. The number of hydrogen-bond donors (Lipinski definition) is 1. The van der Waals surface area contributed by atoms with Crippen LogP contribution in [0.2, 0.25) is 5.02 Å². The number of halogens is 1. The minimum absolute atomic E-state index is 0.139. The van der Waals surface area contributed by atoms with Crippen molar-refractivity contribution in [2.75, 3.05) is 11.1 Å². The molecule has 0 spiro atoms. The fourth-order valence-electron chi connectivity index (χ4n) is 3.50. The first-order chi connectivity index (χ1) is 16.0. The Labute approximate surface area is 202 Å². The topological polar surface area (TPSA) is 72.7 Å². The van der Waals surface area contributed by atoms with E-state index < -0.39 is 0 Å². The fraction of sp³-hybridized carbons (Fsp3) is 0.200. The van der Waals surface area contributed by atoms with Gasteiger partial charge in [0.1, 0.15) is 0 Å². The molecule has 0 saturated carbocycles. The van der Waals surface area contributed by atoms with Gasteiger partial charge in [-0.2, -0.15) is 0 Å². The Kier molecular flexibility index (Phi) is 7.11. The largest absolute Gasteiger partial charge is 0.325 e. The van der Waals surface area contributed by atoms with Crippen molar-refractivity contribution in [1.29, 1.82) is 0 Å². The first-order valence-electron chi connectivity index (χ1n) is 10.6. The summed E-state index contributed by atoms with van der Waals surface area (Å²) < 4.78 is 2.01. The number of nitrogens with zero attached hydrogens (tertiary/aromatic N) is 4. The number of pyridine rings is 1. The van der Waals surface area contributed by atoms with Crippen LogP contribution < -0.4 is 5.32 Å². The summed E-state index contributed by atoms with van der Waals surface area (Å²) in [6.07, 6.45) is 3.49. The lowest BCUT2D eigenvalue weighted by atomic mass is 10.0. The van der Waals surface area contributed by atoms with E-state index in [4.69, 9.17) is 11.6 Å². The summed E-state index contributed by atoms with van der Waals surface area (Å²) in [6.45, 7) is 6.19. The van der Waals surface area contributed by atoms with Crippen LogP contribution in [0.15, 0.2) is 72.1 Å². The quantitative estimate of drug-likeness (QED) is 0.323. The maximum Gasteiger partial charge on any atom is 0.234 e. The van der Waals surface area contributed by atoms with Gasteiger partial charge in [0.2, 0.25) is 5.91 Å². The second-order valence-corrected chi connectivity index (χ2v) is 9.20. The molecule has 0 bridgehead atoms. The summed E-state index contributed by atoms with van der Waals surface area (Å²) in [4.78, 5) is 16.9. The number of amides is 1. The lowest BCUT2D eigenvalue weighted by molar-refractivity contribution is -0.113. The molecule has 168 valence electrons. The van der Waals surface area contributed by atoms with Gasteiger partial charge in [0.25, 0.3) is 0 Å². The van der Waals surface area contributed by atoms with E-state index in [9.17, 15) is 4.79 Å². The first-order valence-corrected chi connectivity index (χ1v) is 11.9. The van der Waals surface area contributed by atoms with Crippen LogP contribution in [0.25, 0.3) is 17.1 Å². The monoisotopic (exact) mass is 477 g/mol. The van der Waals surface area contributed by atoms with E-state index in [1.807, 2.05) is 47.9 Å². The zero-order valence-electron chi connectivity index (χ0n) is 18.6. The predicted octanol–water partition coefficient (Wildman–Crippen LogP) is 6.15. The number of aromatic nitrogens is 4. The van der Waals surface area contributed by atoms with Crippen LogP contribution in [-0.2, 0) is 4.79 Å². The van der Waals surface area contributed by atoms with Crippen LogP contribution >= 0.6 is 23.4 Å². The van der Waals surface area contributed by atoms with Crippen LogP contribution in [0.5, 0.6) is 0 Å². The SMILES string of the molecule is Cc1c(Cl)cccc1NC(=O)CSc1nnc(-c2cccnc2)n1-c1ccccc1C(C)C. The number of nitrogens with one attached hydrogen (secondary N) is 1. The van der Waals surface area contributed by atoms with Gasteiger partial charge in [-0.3, -0.25) is 14.3 Å². The number of para-hydroxylation sites is 1. The molecule has 0 unspecified atom stereocenters. The Morgan fingerprint density at radius 1 is 1.09 bits per heavy atom. The average Bonchev–Trinajstić information content (AvgIpc) is 3.25. The molecule has 0 radical (unpaired) electrons. The standard InChI is InChI=1S/C25H24ClN5OS/c1-16(2)19-9-4-5-12-22(19)31-24(18-8-7-13-27-14-18)29-30-25(31)33-15-23(32)28-21-11-6-10-20(26)17(21)3/h4-14,16H,15H2,1-3H3,(H,28,32). The van der Waals surface area contributed by atoms with Gasteiger partial charge in [-0.25, -0.2) is 0 Å². The van der Waals surface area contributed by atoms with Crippen LogP contribution in [-0.4, -0.2) is 31.4 Å². The van der Waals surface area contributed by atoms with E-state index in [1.165, 1.54) is 17.3 Å². The Balaban J connectivity index is 1.66. The van der Waals surface area contributed by atoms with E-state index in [0.29, 0.717) is 27.6 Å². The third-order valence-electron chi connectivity index (χ3n) is 5.23. The molecule has 4 aromatic rings. The molecule has 0 aliphatic carbocycles. The molecule has 8 heteroatoms. The van der Waals surface area contributed by atoms with Crippen molar-refractivity contribution < 1.29 is 4.79 Å². The van der Waals surface area contributed by atoms with Gasteiger partial charge in [0, 0.05) is 28.7 Å². The third kappa shape index (κ3) is 5.10. The zero-order chi connectivity index (χ0) is 23.4. The maximum atomic E-state index is 12.7. The van der Waals surface area contributed by atoms with Crippen molar-refractivity contribution in [3.63, 3.8) is 0 Å². The number of anilines is 1. The molecule has 2 aromatic carbocycles. The molecule has 1 amide bonds. The molecule has 0 atom stereocenters. The van der Waals surface area contributed by atoms with Crippen molar-refractivity contribution in [2.45, 2.75) is 31.8 Å². The van der Waals surface area contributed by atoms with Crippen LogP contribution in [0.1, 0.15) is 30.9 Å². The van der Waals surface area contributed by atoms with Gasteiger partial charge in [-0.1, -0.05) is 61.5 Å². The lowest BCUT2D eigenvalue weighted by Crippen LogP contribution is -2.15. The third-order valence-corrected chi connectivity index (χ3v) is 6.57. The smallest absolute Gasteiger partial charge is 0.234 e. The molecule has 0 aliphatic rings. The molecule has 4 rings (SSSR count). The van der Waals surface area contributed by atoms with Gasteiger partial charge in [-0.05, 0) is 54.3 Å². The summed E-state index contributed by atoms with van der Waals surface area (Å²) in [5.74, 6) is 1.03. The van der Waals surface area contributed by atoms with E-state index in [1.54, 1.807) is 18.5 Å². The summed E-state index contributed by atoms with van der Waals surface area (Å²) in [5, 5.41) is 13.1. The number of rotatable bonds is 7. The number of benzene rings is 2. The summed E-state index contributed by atoms with van der Waals surface area (Å²) in [5.41, 5.74) is 4.56. The minimum Gasteiger partial charge on any atom is -0.325 e. The molecule has 0 saturated heterocycles. The molecular formula is C25H24ClN5OS. The molecule has 1 N–H and O–H groups in total. The van der Waals surface area contributed by atoms with E-state index >= 15 is 0 Å². The summed E-state index contributed by atoms with van der Waals surface area (Å²) in [6, 6.07) is 17.5. The van der Waals surface area contributed by atoms with Gasteiger partial charge in [0.05, 0.1) is 11.4 Å². The highest BCUT2D eigenvalue weighted by Crippen LogP contribution is 2.32. The molecular weight excluding hydrogens is 454 g/mol. The average molecular weight is 478 g/mol. The Morgan fingerprint density at radius 3 is 2.67 bits per heavy atom. The highest BCUT2D eigenvalue weighted by Gasteiger charge is 2.20. The predicted molar refractivity (Wildman–Crippen MR) is 134 cm³/mol. The van der Waals surface area contributed by atoms with Gasteiger partial charge in [0.15, 0.2) is 11.0 Å². The van der Waals surface area contributed by atoms with Gasteiger partial charge < -0.3 is 5.32 Å². The fourth-order valence-corrected chi connectivity index (χ4v) is 4.42. The maximum absolute atomic E-state index is 12.7. The highest BCUT2D eigenvalue weighted by atomic mass is 35.5. The van der Waals surface area contributed by atoms with Crippen molar-refractivity contribution in [1.82, 2.24) is 19.7 Å². The molecule has 6 nitrogen and oxygen atoms in total. The Hall–Kier alpha value is -3.16. The molecule has 0 aliphatic heterocycles. The Bertz CT molecular complexity index is 1270. The van der Waals surface area contributed by atoms with Crippen LogP contribution in [0, 0.1) is 6.92 Å². The first kappa shape index (κ1) is 23.0. The second-order valence-electron chi connectivity index (χ2n) is 7.85. The van der Waals surface area contributed by atoms with E-state index in [2.05, 4.69) is 46.5 Å². The van der Waals surface area contributed by atoms with Crippen LogP contribution in [0.3, 0.4) is 0 Å². The van der Waals surface area contributed by atoms with Crippen molar-refractivity contribution in [3.8, 4) is 17.1 Å². The normalized spacial score (nSPS) is 11.1. The van der Waals surface area contributed by atoms with E-state index in [-0.39, 0.29) is 11.7 Å². The summed E-state index contributed by atoms with van der Waals surface area (Å²) in [7, 11) is 0. The number of carbonyl (C=O) groups is 1. The second kappa shape index (κ2) is 10.2. The van der Waals surface area contributed by atoms with Crippen LogP contribution in [0.4, 0.5) is 5.69 Å². The summed E-state index contributed by atoms with van der Waals surface area (Å²) >= 11 is 7.52. The van der Waals surface area contributed by atoms with E-state index in [0.717, 1.165) is 16.8 Å². The number of hydrogen-bond acceptors (Lipinski definition) is 5. The molecule has 33 heavy (non-hydrogen) atoms. The molecule has 2 aromatic heterocycles. The lowest BCUT2D eigenvalue weighted by Gasteiger charge is -2.17. The minimum atomic E-state index is -0.139. The molecule has 2 heterocycles. The van der Waals surface area contributed by atoms with Gasteiger partial charge in [-0.15, -0.1) is 10.2 Å². The zero-order valence-corrected chi connectivity index (χ0v) is 20.2. The number of carbonyl (C=O) groups excluding carboxylic acids is 1.